The largest absolute Gasteiger partial charge is 0.496 e. The van der Waals surface area contributed by atoms with Gasteiger partial charge in [-0.05, 0) is 43.1 Å². The van der Waals surface area contributed by atoms with E-state index in [9.17, 15) is 9.59 Å². The van der Waals surface area contributed by atoms with Crippen LogP contribution in [0.15, 0.2) is 65.6 Å². The van der Waals surface area contributed by atoms with Gasteiger partial charge in [0.05, 0.1) is 44.9 Å². The quantitative estimate of drug-likeness (QED) is 0.206. The molecule has 0 saturated carbocycles. The maximum atomic E-state index is 12.4. The molecule has 3 rings (SSSR count). The van der Waals surface area contributed by atoms with Crippen LogP contribution in [-0.4, -0.2) is 52.4 Å². The van der Waals surface area contributed by atoms with Crippen LogP contribution in [0.3, 0.4) is 0 Å². The highest BCUT2D eigenvalue weighted by Crippen LogP contribution is 2.41. The monoisotopic (exact) mass is 506 g/mol. The van der Waals surface area contributed by atoms with E-state index in [1.54, 1.807) is 7.11 Å². The summed E-state index contributed by atoms with van der Waals surface area (Å²) in [7, 11) is 4.36. The van der Waals surface area contributed by atoms with Crippen molar-refractivity contribution >= 4 is 46.0 Å². The minimum absolute atomic E-state index is 0.0232. The molecule has 0 fully saturated rings. The zero-order valence-corrected chi connectivity index (χ0v) is 21.7. The van der Waals surface area contributed by atoms with Crippen LogP contribution >= 0.6 is 11.9 Å². The second kappa shape index (κ2) is 12.8. The molecule has 7 nitrogen and oxygen atoms in total. The van der Waals surface area contributed by atoms with Crippen molar-refractivity contribution in [3.8, 4) is 18.1 Å². The van der Waals surface area contributed by atoms with Gasteiger partial charge in [0.15, 0.2) is 0 Å². The summed E-state index contributed by atoms with van der Waals surface area (Å²) in [6, 6.07) is 19.3. The number of nitrogens with zero attached hydrogens (tertiary/aromatic N) is 2. The Hall–Kier alpha value is -3.83. The number of methoxy groups -OCH3 is 3. The number of rotatable bonds is 11. The molecule has 188 valence electrons. The molecule has 0 radical (unpaired) electrons. The first-order valence-electron chi connectivity index (χ1n) is 11.4. The average molecular weight is 507 g/mol. The molecule has 0 aliphatic carbocycles. The van der Waals surface area contributed by atoms with Crippen LogP contribution in [0.5, 0.6) is 5.75 Å². The SMILES string of the molecule is C#CCN(c1ccc(N(CC(=O)OC)Sc2ccccc2OC)c2ccccc12)C(C)CC(=O)OC. The molecular weight excluding hydrogens is 476 g/mol. The van der Waals surface area contributed by atoms with E-state index in [1.165, 1.54) is 26.2 Å². The summed E-state index contributed by atoms with van der Waals surface area (Å²) in [5, 5.41) is 1.87. The first kappa shape index (κ1) is 26.8. The molecule has 0 bridgehead atoms. The number of para-hydroxylation sites is 1. The number of benzene rings is 3. The second-order valence-electron chi connectivity index (χ2n) is 7.97. The molecule has 1 atom stereocenters. The number of hydrogen-bond donors (Lipinski definition) is 0. The molecule has 0 aromatic heterocycles. The Balaban J connectivity index is 2.11. The van der Waals surface area contributed by atoms with E-state index < -0.39 is 0 Å². The molecular formula is C28H30N2O5S. The molecule has 8 heteroatoms. The Morgan fingerprint density at radius 1 is 0.917 bits per heavy atom. The van der Waals surface area contributed by atoms with E-state index in [0.29, 0.717) is 12.3 Å². The summed E-state index contributed by atoms with van der Waals surface area (Å²) in [6.07, 6.45) is 5.89. The number of carbonyl (C=O) groups is 2. The van der Waals surface area contributed by atoms with Gasteiger partial charge in [-0.15, -0.1) is 6.42 Å². The van der Waals surface area contributed by atoms with Gasteiger partial charge in [-0.1, -0.05) is 42.3 Å². The summed E-state index contributed by atoms with van der Waals surface area (Å²) in [6.45, 7) is 2.29. The first-order chi connectivity index (χ1) is 17.4. The van der Waals surface area contributed by atoms with Gasteiger partial charge in [0.1, 0.15) is 12.3 Å². The molecule has 0 N–H and O–H groups in total. The van der Waals surface area contributed by atoms with Gasteiger partial charge in [0.2, 0.25) is 0 Å². The number of hydrogen-bond acceptors (Lipinski definition) is 8. The summed E-state index contributed by atoms with van der Waals surface area (Å²) in [5.41, 5.74) is 1.72. The van der Waals surface area contributed by atoms with E-state index in [4.69, 9.17) is 20.6 Å². The fraction of sp³-hybridized carbons (Fsp3) is 0.286. The number of ether oxygens (including phenoxy) is 3. The minimum atomic E-state index is -0.369. The highest BCUT2D eigenvalue weighted by Gasteiger charge is 2.23. The topological polar surface area (TPSA) is 68.3 Å². The van der Waals surface area contributed by atoms with Crippen molar-refractivity contribution in [3.05, 3.63) is 60.7 Å². The van der Waals surface area contributed by atoms with Crippen LogP contribution in [-0.2, 0) is 19.1 Å². The summed E-state index contributed by atoms with van der Waals surface area (Å²) in [5.74, 6) is 2.74. The van der Waals surface area contributed by atoms with Crippen LogP contribution in [0, 0.1) is 12.3 Å². The van der Waals surface area contributed by atoms with E-state index in [-0.39, 0.29) is 30.9 Å². The summed E-state index contributed by atoms with van der Waals surface area (Å²) < 4.78 is 17.3. The highest BCUT2D eigenvalue weighted by atomic mass is 32.2. The Bertz CT molecular complexity index is 1260. The smallest absolute Gasteiger partial charge is 0.326 e. The van der Waals surface area contributed by atoms with Gasteiger partial charge in [0, 0.05) is 22.5 Å². The van der Waals surface area contributed by atoms with Gasteiger partial charge in [0.25, 0.3) is 0 Å². The lowest BCUT2D eigenvalue weighted by Gasteiger charge is -2.31. The normalized spacial score (nSPS) is 11.3. The van der Waals surface area contributed by atoms with Crippen molar-refractivity contribution in [2.45, 2.75) is 24.3 Å². The van der Waals surface area contributed by atoms with Crippen LogP contribution in [0.2, 0.25) is 0 Å². The van der Waals surface area contributed by atoms with Crippen LogP contribution in [0.1, 0.15) is 13.3 Å². The lowest BCUT2D eigenvalue weighted by molar-refractivity contribution is -0.141. The van der Waals surface area contributed by atoms with Gasteiger partial charge < -0.3 is 23.4 Å². The third-order valence-electron chi connectivity index (χ3n) is 5.72. The van der Waals surface area contributed by atoms with E-state index >= 15 is 0 Å². The average Bonchev–Trinajstić information content (AvgIpc) is 2.90. The Morgan fingerprint density at radius 2 is 1.53 bits per heavy atom. The molecule has 3 aromatic rings. The molecule has 0 spiro atoms. The maximum absolute atomic E-state index is 12.4. The third-order valence-corrected chi connectivity index (χ3v) is 6.80. The van der Waals surface area contributed by atoms with Crippen molar-refractivity contribution in [2.24, 2.45) is 0 Å². The lowest BCUT2D eigenvalue weighted by atomic mass is 10.0. The van der Waals surface area contributed by atoms with Gasteiger partial charge in [-0.3, -0.25) is 9.59 Å². The van der Waals surface area contributed by atoms with Crippen molar-refractivity contribution in [1.29, 1.82) is 0 Å². The molecule has 3 aromatic carbocycles. The second-order valence-corrected chi connectivity index (χ2v) is 9.03. The van der Waals surface area contributed by atoms with E-state index in [1.807, 2.05) is 76.8 Å². The number of fused-ring (bicyclic) bond motifs is 1. The first-order valence-corrected chi connectivity index (χ1v) is 12.1. The Kier molecular flexibility index (Phi) is 9.48. The minimum Gasteiger partial charge on any atom is -0.496 e. The molecule has 0 amide bonds. The number of carbonyl (C=O) groups excluding carboxylic acids is 2. The molecule has 0 heterocycles. The zero-order chi connectivity index (χ0) is 26.1. The van der Waals surface area contributed by atoms with Gasteiger partial charge in [-0.2, -0.15) is 0 Å². The van der Waals surface area contributed by atoms with Crippen molar-refractivity contribution < 1.29 is 23.8 Å². The standard InChI is InChI=1S/C28H30N2O5S/c1-6-17-29(20(2)18-27(31)34-4)23-15-16-24(22-12-8-7-11-21(22)23)30(19-28(32)35-5)36-26-14-10-9-13-25(26)33-3/h1,7-16,20H,17-19H2,2-5H3. The Labute approximate surface area is 216 Å². The lowest BCUT2D eigenvalue weighted by Crippen LogP contribution is -2.35. The van der Waals surface area contributed by atoms with Crippen molar-refractivity contribution in [2.75, 3.05) is 43.6 Å². The predicted molar refractivity (Wildman–Crippen MR) is 144 cm³/mol. The maximum Gasteiger partial charge on any atom is 0.326 e. The predicted octanol–water partition coefficient (Wildman–Crippen LogP) is 4.93. The fourth-order valence-corrected chi connectivity index (χ4v) is 4.95. The van der Waals surface area contributed by atoms with E-state index in [2.05, 4.69) is 5.92 Å². The molecule has 0 saturated heterocycles. The third kappa shape index (κ3) is 6.23. The number of terminal acetylenes is 1. The zero-order valence-electron chi connectivity index (χ0n) is 20.9. The highest BCUT2D eigenvalue weighted by molar-refractivity contribution is 8.00. The number of esters is 2. The number of anilines is 2. The molecule has 0 aliphatic heterocycles. The van der Waals surface area contributed by atoms with Crippen LogP contribution < -0.4 is 13.9 Å². The van der Waals surface area contributed by atoms with Gasteiger partial charge >= 0.3 is 11.9 Å². The van der Waals surface area contributed by atoms with Crippen molar-refractivity contribution in [1.82, 2.24) is 0 Å². The van der Waals surface area contributed by atoms with Crippen LogP contribution in [0.4, 0.5) is 11.4 Å². The molecule has 36 heavy (non-hydrogen) atoms. The fourth-order valence-electron chi connectivity index (χ4n) is 3.91. The van der Waals surface area contributed by atoms with Crippen LogP contribution in [0.25, 0.3) is 10.8 Å². The molecule has 0 aliphatic rings. The van der Waals surface area contributed by atoms with Gasteiger partial charge in [-0.25, -0.2) is 0 Å². The summed E-state index contributed by atoms with van der Waals surface area (Å²) in [4.78, 5) is 27.2. The Morgan fingerprint density at radius 3 is 2.17 bits per heavy atom. The molecule has 1 unspecified atom stereocenters. The van der Waals surface area contributed by atoms with Crippen molar-refractivity contribution in [3.63, 3.8) is 0 Å². The summed E-state index contributed by atoms with van der Waals surface area (Å²) >= 11 is 1.39. The van der Waals surface area contributed by atoms with E-state index in [0.717, 1.165) is 27.0 Å².